The third-order valence-corrected chi connectivity index (χ3v) is 4.01. The van der Waals surface area contributed by atoms with Gasteiger partial charge in [-0.3, -0.25) is 0 Å². The van der Waals surface area contributed by atoms with E-state index in [1.807, 2.05) is 0 Å². The van der Waals surface area contributed by atoms with Crippen LogP contribution in [0.5, 0.6) is 0 Å². The Morgan fingerprint density at radius 1 is 1.42 bits per heavy atom. The lowest BCUT2D eigenvalue weighted by atomic mass is 9.99. The lowest BCUT2D eigenvalue weighted by Gasteiger charge is -2.23. The molecule has 0 amide bonds. The number of rotatable bonds is 5. The Labute approximate surface area is 118 Å². The second kappa shape index (κ2) is 7.22. The molecular weight excluding hydrogens is 267 g/mol. The van der Waals surface area contributed by atoms with E-state index < -0.39 is 11.9 Å². The predicted molar refractivity (Wildman–Crippen MR) is 73.9 cm³/mol. The van der Waals surface area contributed by atoms with Gasteiger partial charge in [0.25, 0.3) is 0 Å². The zero-order valence-electron chi connectivity index (χ0n) is 10.9. The highest BCUT2D eigenvalue weighted by Crippen LogP contribution is 2.23. The molecule has 1 fully saturated rings. The highest BCUT2D eigenvalue weighted by molar-refractivity contribution is 6.31. The lowest BCUT2D eigenvalue weighted by Crippen LogP contribution is -2.21. The third-order valence-electron chi connectivity index (χ3n) is 3.58. The third kappa shape index (κ3) is 4.44. The number of hydrogen-bond acceptors (Lipinski definition) is 2. The smallest absolute Gasteiger partial charge is 0.142 e. The van der Waals surface area contributed by atoms with Gasteiger partial charge in [0.15, 0.2) is 0 Å². The van der Waals surface area contributed by atoms with Gasteiger partial charge in [-0.05, 0) is 50.2 Å². The molecule has 1 aliphatic heterocycles. The molecular formula is C15H20ClFO2. The van der Waals surface area contributed by atoms with Gasteiger partial charge in [0.05, 0.1) is 17.2 Å². The molecule has 0 radical (unpaired) electrons. The Morgan fingerprint density at radius 2 is 2.26 bits per heavy atom. The summed E-state index contributed by atoms with van der Waals surface area (Å²) in [5.74, 6) is -0.429. The standard InChI is InChI=1S/C15H20ClFO2/c16-15-11(4-3-6-14(15)17)10-12(18)7-8-13-5-1-2-9-19-13/h3-4,6,12-13,18H,1-2,5,7-10H2. The van der Waals surface area contributed by atoms with Gasteiger partial charge < -0.3 is 9.84 Å². The first-order valence-electron chi connectivity index (χ1n) is 6.89. The van der Waals surface area contributed by atoms with E-state index in [1.165, 1.54) is 12.5 Å². The molecule has 2 atom stereocenters. The molecule has 0 aromatic heterocycles. The molecule has 1 saturated heterocycles. The van der Waals surface area contributed by atoms with Gasteiger partial charge in [0.2, 0.25) is 0 Å². The summed E-state index contributed by atoms with van der Waals surface area (Å²) >= 11 is 5.88. The van der Waals surface area contributed by atoms with E-state index in [4.69, 9.17) is 16.3 Å². The summed E-state index contributed by atoms with van der Waals surface area (Å²) in [6.45, 7) is 0.830. The zero-order chi connectivity index (χ0) is 13.7. The first-order chi connectivity index (χ1) is 9.16. The number of hydrogen-bond donors (Lipinski definition) is 1. The van der Waals surface area contributed by atoms with Crippen LogP contribution in [0.1, 0.15) is 37.7 Å². The van der Waals surface area contributed by atoms with E-state index in [2.05, 4.69) is 0 Å². The van der Waals surface area contributed by atoms with E-state index in [9.17, 15) is 9.50 Å². The summed E-state index contributed by atoms with van der Waals surface area (Å²) in [5.41, 5.74) is 0.665. The van der Waals surface area contributed by atoms with Crippen molar-refractivity contribution >= 4 is 11.6 Å². The van der Waals surface area contributed by atoms with Gasteiger partial charge in [0.1, 0.15) is 5.82 Å². The normalized spacial score (nSPS) is 21.3. The number of ether oxygens (including phenoxy) is 1. The first-order valence-corrected chi connectivity index (χ1v) is 7.27. The van der Waals surface area contributed by atoms with E-state index in [1.54, 1.807) is 12.1 Å². The van der Waals surface area contributed by atoms with E-state index in [0.717, 1.165) is 25.9 Å². The van der Waals surface area contributed by atoms with E-state index in [0.29, 0.717) is 18.4 Å². The quantitative estimate of drug-likeness (QED) is 0.894. The predicted octanol–water partition coefficient (Wildman–Crippen LogP) is 3.73. The van der Waals surface area contributed by atoms with Crippen LogP contribution >= 0.6 is 11.6 Å². The Morgan fingerprint density at radius 3 is 3.00 bits per heavy atom. The van der Waals surface area contributed by atoms with E-state index >= 15 is 0 Å². The maximum absolute atomic E-state index is 13.3. The van der Waals surface area contributed by atoms with Crippen molar-refractivity contribution in [3.63, 3.8) is 0 Å². The topological polar surface area (TPSA) is 29.5 Å². The van der Waals surface area contributed by atoms with Crippen LogP contribution in [0.4, 0.5) is 4.39 Å². The Kier molecular flexibility index (Phi) is 5.61. The number of aliphatic hydroxyl groups is 1. The molecule has 0 aliphatic carbocycles. The fourth-order valence-corrected chi connectivity index (χ4v) is 2.68. The average molecular weight is 287 g/mol. The molecule has 2 unspecified atom stereocenters. The molecule has 1 aromatic carbocycles. The van der Waals surface area contributed by atoms with Crippen LogP contribution in [-0.4, -0.2) is 23.9 Å². The molecule has 1 heterocycles. The highest BCUT2D eigenvalue weighted by Gasteiger charge is 2.17. The highest BCUT2D eigenvalue weighted by atomic mass is 35.5. The second-order valence-electron chi connectivity index (χ2n) is 5.14. The molecule has 1 N–H and O–H groups in total. The Bertz CT molecular complexity index is 405. The molecule has 2 nitrogen and oxygen atoms in total. The van der Waals surface area contributed by atoms with Crippen molar-refractivity contribution in [1.82, 2.24) is 0 Å². The first kappa shape index (κ1) is 14.8. The number of benzene rings is 1. The van der Waals surface area contributed by atoms with Gasteiger partial charge in [-0.15, -0.1) is 0 Å². The van der Waals surface area contributed by atoms with Gasteiger partial charge >= 0.3 is 0 Å². The van der Waals surface area contributed by atoms with Crippen molar-refractivity contribution in [3.05, 3.63) is 34.6 Å². The van der Waals surface area contributed by atoms with Crippen LogP contribution in [-0.2, 0) is 11.2 Å². The van der Waals surface area contributed by atoms with Crippen molar-refractivity contribution in [2.75, 3.05) is 6.61 Å². The van der Waals surface area contributed by atoms with Crippen molar-refractivity contribution in [3.8, 4) is 0 Å². The van der Waals surface area contributed by atoms with Crippen LogP contribution in [0.3, 0.4) is 0 Å². The maximum Gasteiger partial charge on any atom is 0.142 e. The molecule has 1 aliphatic rings. The summed E-state index contributed by atoms with van der Waals surface area (Å²) in [6.07, 6.45) is 5.10. The van der Waals surface area contributed by atoms with Gasteiger partial charge in [-0.2, -0.15) is 0 Å². The van der Waals surface area contributed by atoms with E-state index in [-0.39, 0.29) is 11.1 Å². The summed E-state index contributed by atoms with van der Waals surface area (Å²) in [4.78, 5) is 0. The molecule has 19 heavy (non-hydrogen) atoms. The largest absolute Gasteiger partial charge is 0.393 e. The minimum atomic E-state index is -0.496. The second-order valence-corrected chi connectivity index (χ2v) is 5.51. The van der Waals surface area contributed by atoms with Crippen LogP contribution in [0.2, 0.25) is 5.02 Å². The van der Waals surface area contributed by atoms with Crippen molar-refractivity contribution < 1.29 is 14.2 Å². The van der Waals surface area contributed by atoms with Crippen LogP contribution < -0.4 is 0 Å². The molecule has 0 spiro atoms. The summed E-state index contributed by atoms with van der Waals surface area (Å²) < 4.78 is 18.9. The SMILES string of the molecule is OC(CCC1CCCCO1)Cc1cccc(F)c1Cl. The van der Waals surface area contributed by atoms with Crippen LogP contribution in [0, 0.1) is 5.82 Å². The monoisotopic (exact) mass is 286 g/mol. The number of aliphatic hydroxyl groups excluding tert-OH is 1. The minimum absolute atomic E-state index is 0.121. The molecule has 0 bridgehead atoms. The summed E-state index contributed by atoms with van der Waals surface area (Å²) in [7, 11) is 0. The lowest BCUT2D eigenvalue weighted by molar-refractivity contribution is 0.00234. The molecule has 0 saturated carbocycles. The van der Waals surface area contributed by atoms with Crippen molar-refractivity contribution in [1.29, 1.82) is 0 Å². The average Bonchev–Trinajstić information content (AvgIpc) is 2.43. The molecule has 106 valence electrons. The van der Waals surface area contributed by atoms with Crippen LogP contribution in [0.25, 0.3) is 0 Å². The van der Waals surface area contributed by atoms with Gasteiger partial charge in [-0.25, -0.2) is 4.39 Å². The van der Waals surface area contributed by atoms with Crippen molar-refractivity contribution in [2.24, 2.45) is 0 Å². The fraction of sp³-hybridized carbons (Fsp3) is 0.600. The van der Waals surface area contributed by atoms with Gasteiger partial charge in [0, 0.05) is 6.61 Å². The Balaban J connectivity index is 1.80. The van der Waals surface area contributed by atoms with Gasteiger partial charge in [-0.1, -0.05) is 23.7 Å². The fourth-order valence-electron chi connectivity index (χ4n) is 2.48. The minimum Gasteiger partial charge on any atom is -0.393 e. The molecule has 2 rings (SSSR count). The maximum atomic E-state index is 13.3. The summed E-state index contributed by atoms with van der Waals surface area (Å²) in [6, 6.07) is 4.70. The Hall–Kier alpha value is -0.640. The van der Waals surface area contributed by atoms with Crippen molar-refractivity contribution in [2.45, 2.75) is 50.7 Å². The molecule has 1 aromatic rings. The zero-order valence-corrected chi connectivity index (χ0v) is 11.7. The van der Waals surface area contributed by atoms with Crippen LogP contribution in [0.15, 0.2) is 18.2 Å². The molecule has 4 heteroatoms. The number of halogens is 2. The summed E-state index contributed by atoms with van der Waals surface area (Å²) in [5, 5.41) is 10.1.